The highest BCUT2D eigenvalue weighted by molar-refractivity contribution is 5.94. The second-order valence-electron chi connectivity index (χ2n) is 5.51. The van der Waals surface area contributed by atoms with Gasteiger partial charge < -0.3 is 10.4 Å². The van der Waals surface area contributed by atoms with Gasteiger partial charge in [-0.3, -0.25) is 19.8 Å². The first-order valence-corrected chi connectivity index (χ1v) is 7.01. The highest BCUT2D eigenvalue weighted by Gasteiger charge is 2.47. The van der Waals surface area contributed by atoms with Gasteiger partial charge in [0, 0.05) is 26.6 Å². The smallest absolute Gasteiger partial charge is 0.321 e. The van der Waals surface area contributed by atoms with Crippen molar-refractivity contribution in [1.29, 1.82) is 0 Å². The van der Waals surface area contributed by atoms with Crippen molar-refractivity contribution in [3.63, 3.8) is 0 Å². The summed E-state index contributed by atoms with van der Waals surface area (Å²) in [6.07, 6.45) is 3.28. The average Bonchev–Trinajstić information content (AvgIpc) is 2.95. The van der Waals surface area contributed by atoms with Crippen LogP contribution < -0.4 is 10.6 Å². The first-order valence-electron chi connectivity index (χ1n) is 7.01. The fourth-order valence-corrected chi connectivity index (χ4v) is 3.46. The zero-order chi connectivity index (χ0) is 14.7. The maximum absolute atomic E-state index is 11.5. The van der Waals surface area contributed by atoms with Gasteiger partial charge >= 0.3 is 12.0 Å². The summed E-state index contributed by atoms with van der Waals surface area (Å²) in [5, 5.41) is 13.9. The Morgan fingerprint density at radius 3 is 2.70 bits per heavy atom. The van der Waals surface area contributed by atoms with Crippen molar-refractivity contribution < 1.29 is 19.5 Å². The molecule has 1 saturated heterocycles. The molecule has 3 atom stereocenters. The molecule has 3 N–H and O–H groups in total. The van der Waals surface area contributed by atoms with Gasteiger partial charge in [0.25, 0.3) is 0 Å². The zero-order valence-corrected chi connectivity index (χ0v) is 11.6. The lowest BCUT2D eigenvalue weighted by Crippen LogP contribution is -2.43. The predicted molar refractivity (Wildman–Crippen MR) is 71.0 cm³/mol. The topological polar surface area (TPSA) is 98.7 Å². The largest absolute Gasteiger partial charge is 0.480 e. The third kappa shape index (κ3) is 3.09. The number of amides is 3. The number of urea groups is 1. The van der Waals surface area contributed by atoms with Crippen LogP contribution in [-0.2, 0) is 9.59 Å². The summed E-state index contributed by atoms with van der Waals surface area (Å²) in [7, 11) is 1.44. The van der Waals surface area contributed by atoms with E-state index >= 15 is 0 Å². The zero-order valence-electron chi connectivity index (χ0n) is 11.6. The lowest BCUT2D eigenvalue weighted by atomic mass is 9.94. The lowest BCUT2D eigenvalue weighted by molar-refractivity contribution is -0.144. The van der Waals surface area contributed by atoms with Gasteiger partial charge in [-0.25, -0.2) is 4.79 Å². The van der Waals surface area contributed by atoms with E-state index in [4.69, 9.17) is 0 Å². The van der Waals surface area contributed by atoms with Crippen LogP contribution in [0, 0.1) is 11.8 Å². The van der Waals surface area contributed by atoms with E-state index in [1.54, 1.807) is 0 Å². The van der Waals surface area contributed by atoms with Crippen LogP contribution >= 0.6 is 0 Å². The molecule has 7 nitrogen and oxygen atoms in total. The molecule has 3 unspecified atom stereocenters. The molecule has 2 fully saturated rings. The van der Waals surface area contributed by atoms with Crippen LogP contribution in [0.1, 0.15) is 25.7 Å². The van der Waals surface area contributed by atoms with E-state index in [1.807, 2.05) is 4.90 Å². The van der Waals surface area contributed by atoms with Gasteiger partial charge in [0.2, 0.25) is 5.91 Å². The Bertz CT molecular complexity index is 412. The van der Waals surface area contributed by atoms with E-state index in [-0.39, 0.29) is 18.2 Å². The Balaban J connectivity index is 1.87. The molecule has 2 aliphatic rings. The molecule has 0 aromatic carbocycles. The molecule has 0 aromatic rings. The molecule has 2 rings (SSSR count). The number of carboxylic acids is 1. The molecule has 7 heteroatoms. The van der Waals surface area contributed by atoms with Crippen LogP contribution in [0.4, 0.5) is 4.79 Å². The normalized spacial score (nSPS) is 28.9. The van der Waals surface area contributed by atoms with Crippen molar-refractivity contribution in [2.24, 2.45) is 11.8 Å². The molecule has 1 aliphatic carbocycles. The molecule has 112 valence electrons. The molecule has 0 radical (unpaired) electrons. The van der Waals surface area contributed by atoms with Gasteiger partial charge in [-0.1, -0.05) is 6.42 Å². The van der Waals surface area contributed by atoms with Crippen LogP contribution in [0.5, 0.6) is 0 Å². The molecular weight excluding hydrogens is 262 g/mol. The minimum Gasteiger partial charge on any atom is -0.480 e. The average molecular weight is 283 g/mol. The summed E-state index contributed by atoms with van der Waals surface area (Å²) in [5.41, 5.74) is 0. The van der Waals surface area contributed by atoms with Crippen LogP contribution in [0.2, 0.25) is 0 Å². The van der Waals surface area contributed by atoms with E-state index < -0.39 is 18.0 Å². The number of nitrogens with zero attached hydrogens (tertiary/aromatic N) is 1. The molecule has 3 amide bonds. The summed E-state index contributed by atoms with van der Waals surface area (Å²) in [6, 6.07) is -1.02. The third-order valence-corrected chi connectivity index (χ3v) is 4.34. The quantitative estimate of drug-likeness (QED) is 0.675. The van der Waals surface area contributed by atoms with Gasteiger partial charge in [0.05, 0.1) is 0 Å². The molecule has 20 heavy (non-hydrogen) atoms. The number of hydrogen-bond donors (Lipinski definition) is 3. The van der Waals surface area contributed by atoms with Gasteiger partial charge in [0.15, 0.2) is 0 Å². The van der Waals surface area contributed by atoms with Crippen molar-refractivity contribution in [2.45, 2.75) is 31.7 Å². The van der Waals surface area contributed by atoms with Crippen LogP contribution in [-0.4, -0.2) is 54.1 Å². The SMILES string of the molecule is CNC(=O)NC(=O)CCN1CC2CCCC2C1C(=O)O. The minimum atomic E-state index is -0.800. The van der Waals surface area contributed by atoms with Crippen LogP contribution in [0.15, 0.2) is 0 Å². The second-order valence-corrected chi connectivity index (χ2v) is 5.51. The van der Waals surface area contributed by atoms with Gasteiger partial charge in [-0.2, -0.15) is 0 Å². The number of hydrogen-bond acceptors (Lipinski definition) is 4. The maximum Gasteiger partial charge on any atom is 0.321 e. The van der Waals surface area contributed by atoms with Crippen LogP contribution in [0.25, 0.3) is 0 Å². The van der Waals surface area contributed by atoms with E-state index in [2.05, 4.69) is 10.6 Å². The highest BCUT2D eigenvalue weighted by Crippen LogP contribution is 2.42. The number of fused-ring (bicyclic) bond motifs is 1. The molecule has 1 saturated carbocycles. The number of carbonyl (C=O) groups excluding carboxylic acids is 2. The monoisotopic (exact) mass is 283 g/mol. The predicted octanol–water partition coefficient (Wildman–Crippen LogP) is 0.0172. The van der Waals surface area contributed by atoms with Crippen molar-refractivity contribution in [2.75, 3.05) is 20.1 Å². The van der Waals surface area contributed by atoms with Gasteiger partial charge in [0.1, 0.15) is 6.04 Å². The van der Waals surface area contributed by atoms with Crippen molar-refractivity contribution >= 4 is 17.9 Å². The summed E-state index contributed by atoms with van der Waals surface area (Å²) >= 11 is 0. The Kier molecular flexibility index (Phi) is 4.59. The molecule has 0 aromatic heterocycles. The third-order valence-electron chi connectivity index (χ3n) is 4.34. The van der Waals surface area contributed by atoms with E-state index in [0.29, 0.717) is 12.5 Å². The summed E-state index contributed by atoms with van der Waals surface area (Å²) in [6.45, 7) is 1.13. The molecular formula is C13H21N3O4. The number of carbonyl (C=O) groups is 3. The van der Waals surface area contributed by atoms with E-state index in [0.717, 1.165) is 25.8 Å². The molecule has 1 heterocycles. The number of rotatable bonds is 4. The Morgan fingerprint density at radius 1 is 1.30 bits per heavy atom. The molecule has 1 aliphatic heterocycles. The van der Waals surface area contributed by atoms with Crippen LogP contribution in [0.3, 0.4) is 0 Å². The Labute approximate surface area is 117 Å². The minimum absolute atomic E-state index is 0.136. The van der Waals surface area contributed by atoms with E-state index in [1.165, 1.54) is 7.05 Å². The van der Waals surface area contributed by atoms with E-state index in [9.17, 15) is 19.5 Å². The Morgan fingerprint density at radius 2 is 2.05 bits per heavy atom. The molecule has 0 spiro atoms. The van der Waals surface area contributed by atoms with Crippen molar-refractivity contribution in [3.8, 4) is 0 Å². The number of nitrogens with one attached hydrogen (secondary N) is 2. The first kappa shape index (κ1) is 14.8. The number of aliphatic carboxylic acids is 1. The Hall–Kier alpha value is -1.63. The fraction of sp³-hybridized carbons (Fsp3) is 0.769. The number of likely N-dealkylation sites (tertiary alicyclic amines) is 1. The fourth-order valence-electron chi connectivity index (χ4n) is 3.46. The van der Waals surface area contributed by atoms with Gasteiger partial charge in [-0.05, 0) is 24.7 Å². The second kappa shape index (κ2) is 6.21. The standard InChI is InChI=1S/C13H21N3O4/c1-14-13(20)15-10(17)5-6-16-7-8-3-2-4-9(8)11(16)12(18)19/h8-9,11H,2-7H2,1H3,(H,18,19)(H2,14,15,17,20). The van der Waals surface area contributed by atoms with Gasteiger partial charge in [-0.15, -0.1) is 0 Å². The summed E-state index contributed by atoms with van der Waals surface area (Å²) < 4.78 is 0. The highest BCUT2D eigenvalue weighted by atomic mass is 16.4. The number of carboxylic acid groups (broad SMARTS) is 1. The number of imide groups is 1. The first-order chi connectivity index (χ1) is 9.52. The molecule has 0 bridgehead atoms. The van der Waals surface area contributed by atoms with Crippen molar-refractivity contribution in [3.05, 3.63) is 0 Å². The van der Waals surface area contributed by atoms with Crippen molar-refractivity contribution in [1.82, 2.24) is 15.5 Å². The summed E-state index contributed by atoms with van der Waals surface area (Å²) in [4.78, 5) is 35.8. The summed E-state index contributed by atoms with van der Waals surface area (Å²) in [5.74, 6) is -0.524. The maximum atomic E-state index is 11.5. The lowest BCUT2D eigenvalue weighted by Gasteiger charge is -2.23.